The molecule has 1 aliphatic heterocycles. The number of halogens is 1. The van der Waals surface area contributed by atoms with Crippen molar-refractivity contribution in [3.63, 3.8) is 0 Å². The molecule has 6 rings (SSSR count). The van der Waals surface area contributed by atoms with Gasteiger partial charge in [0.2, 0.25) is 10.0 Å². The van der Waals surface area contributed by atoms with Crippen molar-refractivity contribution in [2.75, 3.05) is 29.0 Å². The predicted molar refractivity (Wildman–Crippen MR) is 136 cm³/mol. The molecule has 1 saturated heterocycles. The third-order valence-corrected chi connectivity index (χ3v) is 7.57. The summed E-state index contributed by atoms with van der Waals surface area (Å²) in [7, 11) is -3.34. The van der Waals surface area contributed by atoms with Gasteiger partial charge in [-0.3, -0.25) is 4.72 Å². The Balaban J connectivity index is 1.34. The Labute approximate surface area is 198 Å². The van der Waals surface area contributed by atoms with Crippen molar-refractivity contribution in [1.82, 2.24) is 4.98 Å². The summed E-state index contributed by atoms with van der Waals surface area (Å²) in [6.45, 7) is 2.17. The number of H-pyrrole nitrogens is 1. The van der Waals surface area contributed by atoms with E-state index >= 15 is 4.39 Å². The highest BCUT2D eigenvalue weighted by atomic mass is 32.2. The Morgan fingerprint density at radius 2 is 1.68 bits per heavy atom. The highest BCUT2D eigenvalue weighted by Crippen LogP contribution is 2.43. The van der Waals surface area contributed by atoms with Crippen molar-refractivity contribution < 1.29 is 12.8 Å². The van der Waals surface area contributed by atoms with Crippen LogP contribution in [0.2, 0.25) is 0 Å². The van der Waals surface area contributed by atoms with Crippen LogP contribution in [0.3, 0.4) is 0 Å². The predicted octanol–water partition coefficient (Wildman–Crippen LogP) is 5.91. The number of benzene rings is 3. The first kappa shape index (κ1) is 21.2. The molecular formula is C27H26FN3O2S. The summed E-state index contributed by atoms with van der Waals surface area (Å²) in [4.78, 5) is 5.72. The number of fused-ring (bicyclic) bond motifs is 5. The number of hydrogen-bond donors (Lipinski definition) is 2. The number of anilines is 2. The van der Waals surface area contributed by atoms with E-state index in [1.165, 1.54) is 24.9 Å². The van der Waals surface area contributed by atoms with Gasteiger partial charge >= 0.3 is 0 Å². The SMILES string of the molecule is CS(=O)(=O)Nc1ccc2c(c1)Cc1c-2[nH]c2c(F)c(-c3ccc(N4CCCCC4)cc3)ccc12. The molecule has 0 atom stereocenters. The summed E-state index contributed by atoms with van der Waals surface area (Å²) in [6, 6.07) is 17.5. The first-order valence-electron chi connectivity index (χ1n) is 11.7. The second-order valence-electron chi connectivity index (χ2n) is 9.35. The van der Waals surface area contributed by atoms with E-state index in [0.717, 1.165) is 52.7 Å². The fourth-order valence-corrected chi connectivity index (χ4v) is 5.93. The van der Waals surface area contributed by atoms with Gasteiger partial charge in [-0.1, -0.05) is 30.3 Å². The summed E-state index contributed by atoms with van der Waals surface area (Å²) in [6.07, 6.45) is 5.51. The highest BCUT2D eigenvalue weighted by molar-refractivity contribution is 7.92. The molecule has 4 aromatic rings. The van der Waals surface area contributed by atoms with Gasteiger partial charge in [0.1, 0.15) is 0 Å². The number of hydrogen-bond acceptors (Lipinski definition) is 3. The first-order chi connectivity index (χ1) is 16.4. The second kappa shape index (κ2) is 7.87. The molecule has 0 spiro atoms. The van der Waals surface area contributed by atoms with E-state index in [1.807, 2.05) is 36.4 Å². The van der Waals surface area contributed by atoms with Gasteiger partial charge < -0.3 is 9.88 Å². The number of rotatable bonds is 4. The van der Waals surface area contributed by atoms with E-state index in [9.17, 15) is 8.42 Å². The molecule has 1 aliphatic carbocycles. The molecule has 0 amide bonds. The number of nitrogens with zero attached hydrogens (tertiary/aromatic N) is 1. The number of aromatic amines is 1. The first-order valence-corrected chi connectivity index (χ1v) is 13.6. The molecule has 2 heterocycles. The number of piperidine rings is 1. The van der Waals surface area contributed by atoms with Crippen molar-refractivity contribution in [2.45, 2.75) is 25.7 Å². The molecule has 1 fully saturated rings. The third kappa shape index (κ3) is 3.64. The molecule has 7 heteroatoms. The van der Waals surface area contributed by atoms with Gasteiger partial charge in [0, 0.05) is 47.4 Å². The lowest BCUT2D eigenvalue weighted by atomic mass is 10.0. The van der Waals surface area contributed by atoms with Crippen LogP contribution in [0.1, 0.15) is 30.4 Å². The lowest BCUT2D eigenvalue weighted by molar-refractivity contribution is 0.578. The van der Waals surface area contributed by atoms with E-state index in [-0.39, 0.29) is 5.82 Å². The second-order valence-corrected chi connectivity index (χ2v) is 11.1. The van der Waals surface area contributed by atoms with Crippen molar-refractivity contribution in [3.8, 4) is 22.4 Å². The van der Waals surface area contributed by atoms with Crippen LogP contribution in [0, 0.1) is 5.82 Å². The molecule has 0 radical (unpaired) electrons. The Morgan fingerprint density at radius 1 is 0.941 bits per heavy atom. The zero-order valence-corrected chi connectivity index (χ0v) is 19.8. The third-order valence-electron chi connectivity index (χ3n) is 6.96. The standard InChI is InChI=1S/C27H26FN3O2S/c1-34(32,33)30-19-7-10-22-18(15-19)16-24-23-12-11-21(25(28)27(23)29-26(22)24)17-5-8-20(9-6-17)31-13-3-2-4-14-31/h5-12,15,29-30H,2-4,13-14,16H2,1H3. The topological polar surface area (TPSA) is 65.2 Å². The Kier molecular flexibility index (Phi) is 4.92. The van der Waals surface area contributed by atoms with Gasteiger partial charge in [-0.05, 0) is 60.2 Å². The summed E-state index contributed by atoms with van der Waals surface area (Å²) in [5.74, 6) is -0.241. The molecule has 1 aromatic heterocycles. The van der Waals surface area contributed by atoms with Gasteiger partial charge in [0.05, 0.1) is 17.5 Å². The minimum atomic E-state index is -3.34. The molecule has 2 N–H and O–H groups in total. The lowest BCUT2D eigenvalue weighted by Gasteiger charge is -2.28. The molecule has 0 unspecified atom stereocenters. The van der Waals surface area contributed by atoms with Crippen molar-refractivity contribution in [2.24, 2.45) is 0 Å². The number of nitrogens with one attached hydrogen (secondary N) is 2. The Morgan fingerprint density at radius 3 is 2.41 bits per heavy atom. The van der Waals surface area contributed by atoms with E-state index in [0.29, 0.717) is 23.2 Å². The zero-order chi connectivity index (χ0) is 23.4. The molecule has 34 heavy (non-hydrogen) atoms. The lowest BCUT2D eigenvalue weighted by Crippen LogP contribution is -2.29. The Bertz CT molecular complexity index is 1520. The van der Waals surface area contributed by atoms with Crippen LogP contribution < -0.4 is 9.62 Å². The summed E-state index contributed by atoms with van der Waals surface area (Å²) >= 11 is 0. The average Bonchev–Trinajstić information content (AvgIpc) is 3.35. The van der Waals surface area contributed by atoms with Crippen LogP contribution in [-0.2, 0) is 16.4 Å². The molecule has 0 saturated carbocycles. The van der Waals surface area contributed by atoms with Gasteiger partial charge in [-0.15, -0.1) is 0 Å². The van der Waals surface area contributed by atoms with Crippen molar-refractivity contribution >= 4 is 32.3 Å². The van der Waals surface area contributed by atoms with Crippen LogP contribution in [0.5, 0.6) is 0 Å². The maximum absolute atomic E-state index is 15.7. The summed E-state index contributed by atoms with van der Waals surface area (Å²) < 4.78 is 41.3. The van der Waals surface area contributed by atoms with Gasteiger partial charge in [-0.2, -0.15) is 0 Å². The normalized spacial score (nSPS) is 15.4. The van der Waals surface area contributed by atoms with Crippen LogP contribution in [-0.4, -0.2) is 32.7 Å². The molecule has 3 aromatic carbocycles. The van der Waals surface area contributed by atoms with Crippen molar-refractivity contribution in [3.05, 3.63) is 71.5 Å². The van der Waals surface area contributed by atoms with Gasteiger partial charge in [0.15, 0.2) is 5.82 Å². The largest absolute Gasteiger partial charge is 0.372 e. The minimum Gasteiger partial charge on any atom is -0.372 e. The quantitative estimate of drug-likeness (QED) is 0.340. The van der Waals surface area contributed by atoms with Crippen molar-refractivity contribution in [1.29, 1.82) is 0 Å². The number of aromatic nitrogens is 1. The van der Waals surface area contributed by atoms with Crippen LogP contribution in [0.4, 0.5) is 15.8 Å². The maximum atomic E-state index is 15.7. The summed E-state index contributed by atoms with van der Waals surface area (Å²) in [5.41, 5.74) is 7.68. The monoisotopic (exact) mass is 475 g/mol. The minimum absolute atomic E-state index is 0.241. The molecule has 5 nitrogen and oxygen atoms in total. The molecule has 2 aliphatic rings. The molecule has 0 bridgehead atoms. The zero-order valence-electron chi connectivity index (χ0n) is 19.0. The maximum Gasteiger partial charge on any atom is 0.229 e. The number of sulfonamides is 1. The van der Waals surface area contributed by atoms with E-state index in [4.69, 9.17) is 0 Å². The fourth-order valence-electron chi connectivity index (χ4n) is 5.38. The molecule has 174 valence electrons. The van der Waals surface area contributed by atoms with Crippen LogP contribution >= 0.6 is 0 Å². The van der Waals surface area contributed by atoms with Crippen LogP contribution in [0.25, 0.3) is 33.3 Å². The fraction of sp³-hybridized carbons (Fsp3) is 0.259. The highest BCUT2D eigenvalue weighted by Gasteiger charge is 2.26. The van der Waals surface area contributed by atoms with Crippen LogP contribution in [0.15, 0.2) is 54.6 Å². The van der Waals surface area contributed by atoms with Gasteiger partial charge in [0.25, 0.3) is 0 Å². The smallest absolute Gasteiger partial charge is 0.229 e. The van der Waals surface area contributed by atoms with E-state index in [2.05, 4.69) is 26.7 Å². The Hall–Kier alpha value is -3.32. The van der Waals surface area contributed by atoms with Gasteiger partial charge in [-0.25, -0.2) is 12.8 Å². The summed E-state index contributed by atoms with van der Waals surface area (Å²) in [5, 5.41) is 0.870. The van der Waals surface area contributed by atoms with E-state index in [1.54, 1.807) is 6.07 Å². The van der Waals surface area contributed by atoms with E-state index < -0.39 is 10.0 Å². The molecular weight excluding hydrogens is 449 g/mol. The average molecular weight is 476 g/mol.